The zero-order valence-electron chi connectivity index (χ0n) is 14.3. The molecule has 3 heterocycles. The van der Waals surface area contributed by atoms with Gasteiger partial charge in [-0.2, -0.15) is 5.10 Å². The number of nitrogens with zero attached hydrogens (tertiary/aromatic N) is 4. The third-order valence-electron chi connectivity index (χ3n) is 4.66. The molecule has 0 bridgehead atoms. The van der Waals surface area contributed by atoms with Gasteiger partial charge in [-0.05, 0) is 18.9 Å². The van der Waals surface area contributed by atoms with Gasteiger partial charge in [0.25, 0.3) is 11.5 Å². The highest BCUT2D eigenvalue weighted by Crippen LogP contribution is 2.32. The molecule has 0 aliphatic carbocycles. The zero-order valence-corrected chi connectivity index (χ0v) is 14.3. The van der Waals surface area contributed by atoms with Crippen molar-refractivity contribution in [3.05, 3.63) is 58.4 Å². The normalized spacial score (nSPS) is 16.8. The summed E-state index contributed by atoms with van der Waals surface area (Å²) in [5, 5.41) is 10.4. The number of hydrogen-bond acceptors (Lipinski definition) is 6. The van der Waals surface area contributed by atoms with E-state index in [-0.39, 0.29) is 23.2 Å². The number of fused-ring (bicyclic) bond motifs is 1. The fraction of sp³-hybridized carbons (Fsp3) is 0.278. The molecule has 8 nitrogen and oxygen atoms in total. The lowest BCUT2D eigenvalue weighted by Gasteiger charge is -2.24. The summed E-state index contributed by atoms with van der Waals surface area (Å²) in [5.41, 5.74) is 0.698. The van der Waals surface area contributed by atoms with Crippen LogP contribution in [0, 0.1) is 0 Å². The summed E-state index contributed by atoms with van der Waals surface area (Å²) >= 11 is 0. The van der Waals surface area contributed by atoms with Crippen molar-refractivity contribution in [1.82, 2.24) is 25.1 Å². The summed E-state index contributed by atoms with van der Waals surface area (Å²) in [7, 11) is 1.78. The second-order valence-corrected chi connectivity index (χ2v) is 6.18. The predicted molar refractivity (Wildman–Crippen MR) is 97.0 cm³/mol. The summed E-state index contributed by atoms with van der Waals surface area (Å²) in [6.07, 6.45) is 5.02. The van der Waals surface area contributed by atoms with Crippen molar-refractivity contribution in [2.24, 2.45) is 0 Å². The molecule has 1 aromatic carbocycles. The maximum atomic E-state index is 13.2. The first-order chi connectivity index (χ1) is 12.7. The summed E-state index contributed by atoms with van der Waals surface area (Å²) in [4.78, 5) is 35.6. The van der Waals surface area contributed by atoms with Crippen molar-refractivity contribution >= 4 is 22.5 Å². The van der Waals surface area contributed by atoms with Crippen LogP contribution in [0.25, 0.3) is 10.8 Å². The molecule has 1 fully saturated rings. The third kappa shape index (κ3) is 2.69. The van der Waals surface area contributed by atoms with Gasteiger partial charge in [-0.15, -0.1) is 0 Å². The number of rotatable bonds is 3. The maximum absolute atomic E-state index is 13.2. The van der Waals surface area contributed by atoms with Crippen molar-refractivity contribution < 1.29 is 4.79 Å². The molecule has 2 aromatic heterocycles. The summed E-state index contributed by atoms with van der Waals surface area (Å²) in [6.45, 7) is 0.615. The lowest BCUT2D eigenvalue weighted by molar-refractivity contribution is 0.0728. The number of aromatic amines is 1. The van der Waals surface area contributed by atoms with Crippen LogP contribution >= 0.6 is 0 Å². The van der Waals surface area contributed by atoms with Crippen LogP contribution < -0.4 is 10.9 Å². The lowest BCUT2D eigenvalue weighted by Crippen LogP contribution is -2.32. The molecule has 1 atom stereocenters. The first-order valence-electron chi connectivity index (χ1n) is 8.47. The monoisotopic (exact) mass is 350 g/mol. The molecule has 4 rings (SSSR count). The number of carbonyl (C=O) groups is 1. The van der Waals surface area contributed by atoms with Crippen molar-refractivity contribution in [2.45, 2.75) is 18.9 Å². The van der Waals surface area contributed by atoms with E-state index < -0.39 is 0 Å². The van der Waals surface area contributed by atoms with Gasteiger partial charge in [0.1, 0.15) is 5.82 Å². The number of anilines is 1. The average Bonchev–Trinajstić information content (AvgIpc) is 3.18. The van der Waals surface area contributed by atoms with E-state index in [1.54, 1.807) is 48.6 Å². The molecule has 0 spiro atoms. The fourth-order valence-corrected chi connectivity index (χ4v) is 3.39. The summed E-state index contributed by atoms with van der Waals surface area (Å²) in [5.74, 6) is 0.450. The van der Waals surface area contributed by atoms with Crippen molar-refractivity contribution in [1.29, 1.82) is 0 Å². The molecule has 0 radical (unpaired) electrons. The highest BCUT2D eigenvalue weighted by atomic mass is 16.2. The number of H-pyrrole nitrogens is 1. The Kier molecular flexibility index (Phi) is 4.08. The van der Waals surface area contributed by atoms with E-state index in [4.69, 9.17) is 0 Å². The molecule has 2 N–H and O–H groups in total. The zero-order chi connectivity index (χ0) is 18.1. The van der Waals surface area contributed by atoms with Crippen molar-refractivity contribution in [3.63, 3.8) is 0 Å². The first kappa shape index (κ1) is 16.2. The molecule has 1 aliphatic heterocycles. The van der Waals surface area contributed by atoms with Gasteiger partial charge in [0.05, 0.1) is 29.5 Å². The van der Waals surface area contributed by atoms with Gasteiger partial charge in [-0.1, -0.05) is 18.2 Å². The van der Waals surface area contributed by atoms with Crippen molar-refractivity contribution in [2.75, 3.05) is 18.9 Å². The highest BCUT2D eigenvalue weighted by molar-refractivity contribution is 6.04. The minimum absolute atomic E-state index is 0.157. The van der Waals surface area contributed by atoms with Crippen LogP contribution in [0.2, 0.25) is 0 Å². The van der Waals surface area contributed by atoms with Crippen LogP contribution in [-0.4, -0.2) is 44.6 Å². The van der Waals surface area contributed by atoms with Crippen LogP contribution in [0.3, 0.4) is 0 Å². The Labute approximate surface area is 149 Å². The largest absolute Gasteiger partial charge is 0.372 e. The van der Waals surface area contributed by atoms with E-state index >= 15 is 0 Å². The molecule has 1 amide bonds. The van der Waals surface area contributed by atoms with Crippen LogP contribution in [0.4, 0.5) is 5.82 Å². The van der Waals surface area contributed by atoms with E-state index in [2.05, 4.69) is 25.5 Å². The number of likely N-dealkylation sites (tertiary alicyclic amines) is 1. The Morgan fingerprint density at radius 1 is 1.27 bits per heavy atom. The van der Waals surface area contributed by atoms with Crippen LogP contribution in [0.1, 0.15) is 35.1 Å². The Balaban J connectivity index is 1.74. The molecule has 0 saturated carbocycles. The second-order valence-electron chi connectivity index (χ2n) is 6.18. The quantitative estimate of drug-likeness (QED) is 0.745. The second kappa shape index (κ2) is 6.55. The molecule has 1 unspecified atom stereocenters. The molecule has 1 aliphatic rings. The van der Waals surface area contributed by atoms with Crippen molar-refractivity contribution in [3.8, 4) is 0 Å². The van der Waals surface area contributed by atoms with Crippen LogP contribution in [-0.2, 0) is 0 Å². The van der Waals surface area contributed by atoms with Gasteiger partial charge in [-0.25, -0.2) is 10.1 Å². The van der Waals surface area contributed by atoms with Gasteiger partial charge < -0.3 is 10.2 Å². The number of hydrogen-bond donors (Lipinski definition) is 2. The Morgan fingerprint density at radius 2 is 2.08 bits per heavy atom. The molecule has 8 heteroatoms. The number of benzene rings is 1. The topological polar surface area (TPSA) is 104 Å². The summed E-state index contributed by atoms with van der Waals surface area (Å²) < 4.78 is 0. The minimum atomic E-state index is -0.303. The molecular formula is C18H18N6O2. The molecule has 26 heavy (non-hydrogen) atoms. The average molecular weight is 350 g/mol. The van der Waals surface area contributed by atoms with Gasteiger partial charge in [-0.3, -0.25) is 14.6 Å². The predicted octanol–water partition coefficient (Wildman–Crippen LogP) is 1.73. The lowest BCUT2D eigenvalue weighted by atomic mass is 10.1. The molecule has 132 valence electrons. The van der Waals surface area contributed by atoms with Crippen LogP contribution in [0.5, 0.6) is 0 Å². The van der Waals surface area contributed by atoms with Gasteiger partial charge in [0.15, 0.2) is 5.69 Å². The molecule has 3 aromatic rings. The number of aromatic nitrogens is 4. The summed E-state index contributed by atoms with van der Waals surface area (Å²) in [6, 6.07) is 6.84. The number of nitrogens with one attached hydrogen (secondary N) is 2. The SMILES string of the molecule is CNc1cncc(C2CCCN2C(=O)c2n[nH]c(=O)c3ccccc23)n1. The molecular weight excluding hydrogens is 332 g/mol. The molecule has 1 saturated heterocycles. The Morgan fingerprint density at radius 3 is 2.88 bits per heavy atom. The van der Waals surface area contributed by atoms with E-state index in [1.165, 1.54) is 0 Å². The van der Waals surface area contributed by atoms with E-state index in [9.17, 15) is 9.59 Å². The van der Waals surface area contributed by atoms with Gasteiger partial charge in [0.2, 0.25) is 0 Å². The Bertz CT molecular complexity index is 1030. The number of carbonyl (C=O) groups excluding carboxylic acids is 1. The number of amides is 1. The van der Waals surface area contributed by atoms with Gasteiger partial charge >= 0.3 is 0 Å². The van der Waals surface area contributed by atoms with Gasteiger partial charge in [0, 0.05) is 19.0 Å². The standard InChI is InChI=1S/C18H18N6O2/c1-19-15-10-20-9-13(21-15)14-7-4-8-24(14)18(26)16-11-5-2-3-6-12(11)17(25)23-22-16/h2-3,5-6,9-10,14H,4,7-8H2,1H3,(H,19,21)(H,23,25). The van der Waals surface area contributed by atoms with E-state index in [0.717, 1.165) is 18.5 Å². The third-order valence-corrected chi connectivity index (χ3v) is 4.66. The van der Waals surface area contributed by atoms with E-state index in [1.807, 2.05) is 0 Å². The van der Waals surface area contributed by atoms with Crippen LogP contribution in [0.15, 0.2) is 41.5 Å². The minimum Gasteiger partial charge on any atom is -0.372 e. The smallest absolute Gasteiger partial charge is 0.275 e. The first-order valence-corrected chi connectivity index (χ1v) is 8.47. The van der Waals surface area contributed by atoms with E-state index in [0.29, 0.717) is 23.1 Å². The maximum Gasteiger partial charge on any atom is 0.275 e. The fourth-order valence-electron chi connectivity index (χ4n) is 3.39. The highest BCUT2D eigenvalue weighted by Gasteiger charge is 2.33. The Hall–Kier alpha value is -3.29.